The molecule has 1 aromatic carbocycles. The molecule has 0 amide bonds. The number of hydrogen-bond donors (Lipinski definition) is 0. The first-order valence-electron chi connectivity index (χ1n) is 4.69. The molecule has 0 aliphatic carbocycles. The fourth-order valence-corrected chi connectivity index (χ4v) is 1.30. The van der Waals surface area contributed by atoms with Crippen molar-refractivity contribution >= 4 is 0 Å². The lowest BCUT2D eigenvalue weighted by molar-refractivity contribution is -0.0252. The Morgan fingerprint density at radius 2 is 1.71 bits per heavy atom. The molecule has 0 aromatic heterocycles. The number of ether oxygens (including phenoxy) is 2. The van der Waals surface area contributed by atoms with E-state index in [9.17, 15) is 0 Å². The van der Waals surface area contributed by atoms with Crippen LogP contribution in [0.1, 0.15) is 13.8 Å². The van der Waals surface area contributed by atoms with Crippen LogP contribution < -0.4 is 9.47 Å². The summed E-state index contributed by atoms with van der Waals surface area (Å²) in [6.07, 6.45) is 1.58. The summed E-state index contributed by atoms with van der Waals surface area (Å²) < 4.78 is 11.3. The van der Waals surface area contributed by atoms with E-state index in [1.54, 1.807) is 0 Å². The van der Waals surface area contributed by atoms with Crippen LogP contribution >= 0.6 is 0 Å². The predicted octanol–water partition coefficient (Wildman–Crippen LogP) is 3.00. The van der Waals surface area contributed by atoms with Crippen molar-refractivity contribution in [2.24, 2.45) is 5.41 Å². The molecule has 0 bridgehead atoms. The molecule has 2 rings (SSSR count). The highest BCUT2D eigenvalue weighted by Crippen LogP contribution is 2.39. The Morgan fingerprint density at radius 1 is 1.21 bits per heavy atom. The monoisotopic (exact) mass is 190 g/mol. The lowest BCUT2D eigenvalue weighted by Crippen LogP contribution is -2.34. The van der Waals surface area contributed by atoms with Gasteiger partial charge in [-0.1, -0.05) is 18.2 Å². The molecule has 0 unspecified atom stereocenters. The minimum absolute atomic E-state index is 0.182. The Kier molecular flexibility index (Phi) is 1.99. The highest BCUT2D eigenvalue weighted by Gasteiger charge is 2.35. The molecule has 1 aliphatic heterocycles. The Hall–Kier alpha value is -1.44. The van der Waals surface area contributed by atoms with Gasteiger partial charge in [-0.3, -0.25) is 0 Å². The fourth-order valence-electron chi connectivity index (χ4n) is 1.30. The first kappa shape index (κ1) is 9.13. The maximum Gasteiger partial charge on any atom is 0.249 e. The van der Waals surface area contributed by atoms with Crippen LogP contribution in [0.5, 0.6) is 11.5 Å². The van der Waals surface area contributed by atoms with Crippen LogP contribution in [0, 0.1) is 5.41 Å². The van der Waals surface area contributed by atoms with E-state index >= 15 is 0 Å². The summed E-state index contributed by atoms with van der Waals surface area (Å²) in [7, 11) is 0. The van der Waals surface area contributed by atoms with Crippen LogP contribution in [-0.2, 0) is 0 Å². The molecule has 2 nitrogen and oxygen atoms in total. The third-order valence-corrected chi connectivity index (χ3v) is 2.45. The highest BCUT2D eigenvalue weighted by molar-refractivity contribution is 5.42. The van der Waals surface area contributed by atoms with Crippen molar-refractivity contribution in [2.75, 3.05) is 0 Å². The van der Waals surface area contributed by atoms with Gasteiger partial charge in [-0.15, -0.1) is 6.58 Å². The largest absolute Gasteiger partial charge is 0.450 e. The van der Waals surface area contributed by atoms with Gasteiger partial charge >= 0.3 is 0 Å². The first-order valence-corrected chi connectivity index (χ1v) is 4.69. The van der Waals surface area contributed by atoms with Gasteiger partial charge in [0.2, 0.25) is 6.29 Å². The van der Waals surface area contributed by atoms with Crippen LogP contribution in [0.3, 0.4) is 0 Å². The second-order valence-electron chi connectivity index (χ2n) is 4.04. The van der Waals surface area contributed by atoms with Crippen molar-refractivity contribution in [2.45, 2.75) is 20.1 Å². The zero-order chi connectivity index (χ0) is 10.2. The van der Waals surface area contributed by atoms with E-state index in [0.29, 0.717) is 0 Å². The quantitative estimate of drug-likeness (QED) is 0.667. The SMILES string of the molecule is C=CC(C)(C)C1Oc2ccccc2O1. The number of para-hydroxylation sites is 2. The molecule has 2 heteroatoms. The summed E-state index contributed by atoms with van der Waals surface area (Å²) in [4.78, 5) is 0. The van der Waals surface area contributed by atoms with E-state index in [1.807, 2.05) is 44.2 Å². The molecule has 1 aromatic rings. The Balaban J connectivity index is 2.23. The fraction of sp³-hybridized carbons (Fsp3) is 0.333. The van der Waals surface area contributed by atoms with Crippen molar-refractivity contribution in [3.63, 3.8) is 0 Å². The van der Waals surface area contributed by atoms with E-state index in [2.05, 4.69) is 6.58 Å². The Morgan fingerprint density at radius 3 is 2.14 bits per heavy atom. The molecule has 14 heavy (non-hydrogen) atoms. The van der Waals surface area contributed by atoms with E-state index in [0.717, 1.165) is 11.5 Å². The van der Waals surface area contributed by atoms with E-state index in [1.165, 1.54) is 0 Å². The van der Waals surface area contributed by atoms with E-state index in [4.69, 9.17) is 9.47 Å². The Bertz CT molecular complexity index is 330. The van der Waals surface area contributed by atoms with Crippen molar-refractivity contribution in [1.82, 2.24) is 0 Å². The molecule has 0 spiro atoms. The summed E-state index contributed by atoms with van der Waals surface area (Å²) >= 11 is 0. The van der Waals surface area contributed by atoms with Gasteiger partial charge < -0.3 is 9.47 Å². The van der Waals surface area contributed by atoms with Crippen LogP contribution in [0.4, 0.5) is 0 Å². The molecule has 0 radical (unpaired) electrons. The maximum absolute atomic E-state index is 5.67. The van der Waals surface area contributed by atoms with Crippen molar-refractivity contribution < 1.29 is 9.47 Å². The lowest BCUT2D eigenvalue weighted by atomic mass is 9.93. The van der Waals surface area contributed by atoms with E-state index < -0.39 is 0 Å². The average molecular weight is 190 g/mol. The lowest BCUT2D eigenvalue weighted by Gasteiger charge is -2.25. The molecular weight excluding hydrogens is 176 g/mol. The molecule has 0 atom stereocenters. The van der Waals surface area contributed by atoms with Crippen LogP contribution in [0.2, 0.25) is 0 Å². The molecular formula is C12H14O2. The summed E-state index contributed by atoms with van der Waals surface area (Å²) in [5.74, 6) is 1.62. The second kappa shape index (κ2) is 3.05. The van der Waals surface area contributed by atoms with Gasteiger partial charge in [-0.25, -0.2) is 0 Å². The normalized spacial score (nSPS) is 15.6. The third-order valence-electron chi connectivity index (χ3n) is 2.45. The molecule has 0 saturated carbocycles. The van der Waals surface area contributed by atoms with Gasteiger partial charge in [-0.2, -0.15) is 0 Å². The number of hydrogen-bond acceptors (Lipinski definition) is 2. The highest BCUT2D eigenvalue weighted by atomic mass is 16.7. The van der Waals surface area contributed by atoms with Crippen LogP contribution in [-0.4, -0.2) is 6.29 Å². The number of benzene rings is 1. The molecule has 0 N–H and O–H groups in total. The summed E-state index contributed by atoms with van der Waals surface area (Å²) in [6.45, 7) is 7.86. The van der Waals surface area contributed by atoms with Gasteiger partial charge in [0.25, 0.3) is 0 Å². The standard InChI is InChI=1S/C12H14O2/c1-4-12(2,3)11-13-9-7-5-6-8-10(9)14-11/h4-8,11H,1H2,2-3H3. The van der Waals surface area contributed by atoms with Crippen molar-refractivity contribution in [3.8, 4) is 11.5 Å². The van der Waals surface area contributed by atoms with E-state index in [-0.39, 0.29) is 11.7 Å². The predicted molar refractivity (Wildman–Crippen MR) is 55.5 cm³/mol. The van der Waals surface area contributed by atoms with Crippen LogP contribution in [0.15, 0.2) is 36.9 Å². The molecule has 1 aliphatic rings. The smallest absolute Gasteiger partial charge is 0.249 e. The molecule has 74 valence electrons. The topological polar surface area (TPSA) is 18.5 Å². The van der Waals surface area contributed by atoms with Gasteiger partial charge in [0.1, 0.15) is 0 Å². The summed E-state index contributed by atoms with van der Waals surface area (Å²) in [6, 6.07) is 7.69. The molecule has 0 fully saturated rings. The number of rotatable bonds is 2. The summed E-state index contributed by atoms with van der Waals surface area (Å²) in [5.41, 5.74) is -0.182. The first-order chi connectivity index (χ1) is 6.63. The average Bonchev–Trinajstić information content (AvgIpc) is 2.61. The van der Waals surface area contributed by atoms with Crippen LogP contribution in [0.25, 0.3) is 0 Å². The van der Waals surface area contributed by atoms with Crippen molar-refractivity contribution in [1.29, 1.82) is 0 Å². The van der Waals surface area contributed by atoms with Gasteiger partial charge in [0.05, 0.1) is 5.41 Å². The zero-order valence-electron chi connectivity index (χ0n) is 8.49. The second-order valence-corrected chi connectivity index (χ2v) is 4.04. The molecule has 1 heterocycles. The number of fused-ring (bicyclic) bond motifs is 1. The van der Waals surface area contributed by atoms with Gasteiger partial charge in [0, 0.05) is 0 Å². The summed E-state index contributed by atoms with van der Waals surface area (Å²) in [5, 5.41) is 0. The minimum atomic E-state index is -0.266. The molecule has 0 saturated heterocycles. The van der Waals surface area contributed by atoms with Gasteiger partial charge in [-0.05, 0) is 26.0 Å². The van der Waals surface area contributed by atoms with Gasteiger partial charge in [0.15, 0.2) is 11.5 Å². The zero-order valence-corrected chi connectivity index (χ0v) is 8.49. The van der Waals surface area contributed by atoms with Crippen molar-refractivity contribution in [3.05, 3.63) is 36.9 Å². The maximum atomic E-state index is 5.67. The Labute approximate surface area is 84.2 Å². The minimum Gasteiger partial charge on any atom is -0.450 e. The third kappa shape index (κ3) is 1.37.